The third-order valence-corrected chi connectivity index (χ3v) is 6.09. The van der Waals surface area contributed by atoms with E-state index in [0.29, 0.717) is 11.8 Å². The van der Waals surface area contributed by atoms with E-state index >= 15 is 0 Å². The van der Waals surface area contributed by atoms with Crippen molar-refractivity contribution in [3.63, 3.8) is 0 Å². The van der Waals surface area contributed by atoms with Crippen LogP contribution in [0.2, 0.25) is 0 Å². The molecule has 0 aromatic carbocycles. The van der Waals surface area contributed by atoms with Crippen molar-refractivity contribution in [2.75, 3.05) is 13.1 Å². The SMILES string of the molecule is CCNCCC(CC)CC(C)C1(CC)C#CCC=C=CCC1CC. The maximum absolute atomic E-state index is 3.77. The van der Waals surface area contributed by atoms with Crippen LogP contribution in [0.5, 0.6) is 0 Å². The molecule has 0 spiro atoms. The first-order valence-electron chi connectivity index (χ1n) is 10.2. The summed E-state index contributed by atoms with van der Waals surface area (Å²) < 4.78 is 0. The quantitative estimate of drug-likeness (QED) is 0.296. The van der Waals surface area contributed by atoms with Crippen LogP contribution in [-0.2, 0) is 0 Å². The minimum Gasteiger partial charge on any atom is -0.317 e. The number of allylic oxidation sites excluding steroid dienone is 1. The fraction of sp³-hybridized carbons (Fsp3) is 0.783. The van der Waals surface area contributed by atoms with Gasteiger partial charge in [-0.2, -0.15) is 0 Å². The van der Waals surface area contributed by atoms with Crippen molar-refractivity contribution in [3.8, 4) is 11.8 Å². The molecule has 1 aliphatic carbocycles. The molecule has 0 amide bonds. The van der Waals surface area contributed by atoms with Gasteiger partial charge in [0.2, 0.25) is 0 Å². The first-order chi connectivity index (χ1) is 11.6. The molecule has 1 rings (SSSR count). The van der Waals surface area contributed by atoms with Gasteiger partial charge in [0.05, 0.1) is 0 Å². The van der Waals surface area contributed by atoms with E-state index in [1.54, 1.807) is 0 Å². The van der Waals surface area contributed by atoms with Crippen LogP contribution in [0.4, 0.5) is 0 Å². The minimum absolute atomic E-state index is 0.163. The lowest BCUT2D eigenvalue weighted by Crippen LogP contribution is -2.36. The number of rotatable bonds is 10. The van der Waals surface area contributed by atoms with Crippen molar-refractivity contribution in [1.82, 2.24) is 5.32 Å². The van der Waals surface area contributed by atoms with E-state index in [1.165, 1.54) is 25.7 Å². The van der Waals surface area contributed by atoms with Crippen LogP contribution < -0.4 is 5.32 Å². The van der Waals surface area contributed by atoms with Crippen LogP contribution in [0.15, 0.2) is 17.9 Å². The number of nitrogens with one attached hydrogen (secondary N) is 1. The monoisotopic (exact) mass is 329 g/mol. The van der Waals surface area contributed by atoms with Crippen LogP contribution in [0.25, 0.3) is 0 Å². The van der Waals surface area contributed by atoms with Gasteiger partial charge in [0, 0.05) is 11.8 Å². The molecule has 0 saturated carbocycles. The summed E-state index contributed by atoms with van der Waals surface area (Å²) in [6.45, 7) is 13.9. The Labute approximate surface area is 151 Å². The molecule has 1 N–H and O–H groups in total. The summed E-state index contributed by atoms with van der Waals surface area (Å²) in [5.74, 6) is 9.33. The van der Waals surface area contributed by atoms with Gasteiger partial charge in [-0.25, -0.2) is 0 Å². The summed E-state index contributed by atoms with van der Waals surface area (Å²) in [6.07, 6.45) is 12.5. The number of hydrogen-bond acceptors (Lipinski definition) is 1. The van der Waals surface area contributed by atoms with Gasteiger partial charge in [0.25, 0.3) is 0 Å². The van der Waals surface area contributed by atoms with Gasteiger partial charge < -0.3 is 5.32 Å². The molecule has 0 aliphatic heterocycles. The van der Waals surface area contributed by atoms with Crippen LogP contribution in [-0.4, -0.2) is 13.1 Å². The highest BCUT2D eigenvalue weighted by Gasteiger charge is 2.39. The fourth-order valence-corrected chi connectivity index (χ4v) is 4.40. The highest BCUT2D eigenvalue weighted by molar-refractivity contribution is 5.19. The Morgan fingerprint density at radius 1 is 1.21 bits per heavy atom. The van der Waals surface area contributed by atoms with Gasteiger partial charge in [-0.1, -0.05) is 59.3 Å². The molecule has 0 radical (unpaired) electrons. The minimum atomic E-state index is 0.163. The maximum Gasteiger partial charge on any atom is 0.0369 e. The summed E-state index contributed by atoms with van der Waals surface area (Å²) >= 11 is 0. The number of hydrogen-bond donors (Lipinski definition) is 1. The Hall–Kier alpha value is -0.960. The molecule has 0 heterocycles. The average Bonchev–Trinajstić information content (AvgIpc) is 2.70. The molecule has 1 nitrogen and oxygen atoms in total. The zero-order valence-electron chi connectivity index (χ0n) is 16.8. The summed E-state index contributed by atoms with van der Waals surface area (Å²) in [7, 11) is 0. The van der Waals surface area contributed by atoms with Crippen LogP contribution in [0.3, 0.4) is 0 Å². The fourth-order valence-electron chi connectivity index (χ4n) is 4.40. The normalized spacial score (nSPS) is 26.0. The molecule has 1 aliphatic rings. The van der Waals surface area contributed by atoms with E-state index in [4.69, 9.17) is 0 Å². The second-order valence-electron chi connectivity index (χ2n) is 7.37. The zero-order valence-corrected chi connectivity index (χ0v) is 16.8. The molecule has 0 saturated heterocycles. The van der Waals surface area contributed by atoms with Crippen molar-refractivity contribution in [2.24, 2.45) is 23.2 Å². The molecule has 136 valence electrons. The lowest BCUT2D eigenvalue weighted by molar-refractivity contribution is 0.117. The lowest BCUT2D eigenvalue weighted by Gasteiger charge is -2.42. The van der Waals surface area contributed by atoms with E-state index in [-0.39, 0.29) is 5.41 Å². The van der Waals surface area contributed by atoms with Crippen LogP contribution >= 0.6 is 0 Å². The molecule has 0 bridgehead atoms. The van der Waals surface area contributed by atoms with Crippen molar-refractivity contribution in [2.45, 2.75) is 79.6 Å². The summed E-state index contributed by atoms with van der Waals surface area (Å²) in [4.78, 5) is 0. The maximum atomic E-state index is 3.77. The van der Waals surface area contributed by atoms with Gasteiger partial charge in [-0.3, -0.25) is 0 Å². The zero-order chi connectivity index (χ0) is 17.8. The summed E-state index contributed by atoms with van der Waals surface area (Å²) in [6, 6.07) is 0. The van der Waals surface area contributed by atoms with Crippen LogP contribution in [0.1, 0.15) is 79.6 Å². The van der Waals surface area contributed by atoms with Gasteiger partial charge in [-0.05, 0) is 68.7 Å². The first kappa shape index (κ1) is 21.1. The molecule has 4 atom stereocenters. The standard InChI is InChI=1S/C23H39N/c1-6-21(16-18-24-9-4)19-20(5)23(8-3)17-14-12-10-11-13-15-22(23)7-2/h10,13,20-22,24H,6-9,12,15-16,18-19H2,1-5H3. The first-order valence-corrected chi connectivity index (χ1v) is 10.2. The topological polar surface area (TPSA) is 12.0 Å². The third kappa shape index (κ3) is 5.84. The Kier molecular flexibility index (Phi) is 10.2. The Morgan fingerprint density at radius 2 is 2.00 bits per heavy atom. The molecule has 0 aromatic heterocycles. The Bertz CT molecular complexity index is 460. The van der Waals surface area contributed by atoms with Gasteiger partial charge >= 0.3 is 0 Å². The predicted molar refractivity (Wildman–Crippen MR) is 107 cm³/mol. The molecule has 0 aromatic rings. The lowest BCUT2D eigenvalue weighted by atomic mass is 9.61. The second-order valence-corrected chi connectivity index (χ2v) is 7.37. The summed E-state index contributed by atoms with van der Waals surface area (Å²) in [5.41, 5.74) is 3.48. The van der Waals surface area contributed by atoms with Crippen LogP contribution in [0, 0.1) is 35.0 Å². The predicted octanol–water partition coefficient (Wildman–Crippen LogP) is 5.97. The van der Waals surface area contributed by atoms with E-state index in [1.807, 2.05) is 0 Å². The Morgan fingerprint density at radius 3 is 2.62 bits per heavy atom. The Balaban J connectivity index is 2.93. The molecule has 1 heteroatoms. The van der Waals surface area contributed by atoms with Crippen molar-refractivity contribution >= 4 is 0 Å². The summed E-state index contributed by atoms with van der Waals surface area (Å²) in [5, 5.41) is 3.49. The van der Waals surface area contributed by atoms with Crippen molar-refractivity contribution in [1.29, 1.82) is 0 Å². The van der Waals surface area contributed by atoms with Gasteiger partial charge in [-0.15, -0.1) is 5.73 Å². The molecule has 24 heavy (non-hydrogen) atoms. The molecular formula is C23H39N. The molecule has 4 unspecified atom stereocenters. The van der Waals surface area contributed by atoms with E-state index in [2.05, 4.69) is 69.7 Å². The highest BCUT2D eigenvalue weighted by atomic mass is 14.8. The van der Waals surface area contributed by atoms with Crippen molar-refractivity contribution < 1.29 is 0 Å². The average molecular weight is 330 g/mol. The largest absolute Gasteiger partial charge is 0.317 e. The second kappa shape index (κ2) is 11.6. The highest BCUT2D eigenvalue weighted by Crippen LogP contribution is 2.46. The van der Waals surface area contributed by atoms with Crippen molar-refractivity contribution in [3.05, 3.63) is 17.9 Å². The molecule has 0 fully saturated rings. The smallest absolute Gasteiger partial charge is 0.0369 e. The third-order valence-electron chi connectivity index (χ3n) is 6.09. The van der Waals surface area contributed by atoms with E-state index in [0.717, 1.165) is 38.3 Å². The van der Waals surface area contributed by atoms with Gasteiger partial charge in [0.15, 0.2) is 0 Å². The molecular weight excluding hydrogens is 290 g/mol. The van der Waals surface area contributed by atoms with Gasteiger partial charge in [0.1, 0.15) is 0 Å². The van der Waals surface area contributed by atoms with E-state index in [9.17, 15) is 0 Å². The van der Waals surface area contributed by atoms with E-state index < -0.39 is 0 Å².